The average Bonchev–Trinajstić information content (AvgIpc) is 1.51. The Kier molecular flexibility index (Phi) is 18.1. The van der Waals surface area contributed by atoms with Gasteiger partial charge in [0, 0.05) is 73.0 Å². The second kappa shape index (κ2) is 31.3. The van der Waals surface area contributed by atoms with E-state index in [0.717, 1.165) is 93.6 Å². The number of nitrogens with zero attached hydrogens (tertiary/aromatic N) is 4. The quantitative estimate of drug-likeness (QED) is 0.142. The van der Waals surface area contributed by atoms with Gasteiger partial charge >= 0.3 is 0 Å². The molecule has 0 amide bonds. The number of fused-ring (bicyclic) bond motifs is 38. The van der Waals surface area contributed by atoms with Crippen LogP contribution < -0.4 is 0 Å². The summed E-state index contributed by atoms with van der Waals surface area (Å²) < 4.78 is 5.22. The third kappa shape index (κ3) is 12.0. The van der Waals surface area contributed by atoms with Crippen LogP contribution in [0.4, 0.5) is 0 Å². The van der Waals surface area contributed by atoms with Gasteiger partial charge < -0.3 is 0 Å². The standard InChI is InChI=1S/C84H48N2S.C52H40N2S/c1-8-28-70-58(19-1)59-20-2-9-29-71(59)83(70)74-32-12-5-23-62(74)64-41-37-51(46-76(64)83)49-35-39-56-57-40-36-50(52-38-42-65-63-24-6-13-33-75(63)84(77(65)47-52)72-30-10-3-21-60(72)61-22-4-11-31-73(61)84)45-69(57)81-80(68(56)44-49)85-48-78(86-81)54-18-15-17-53(43-54)55-26-16-27-67-66-25-7-14-34-79(66)87-82(55)67;1-29-21-31(3)48(32(4)22-29)37-17-19-40-41-20-18-38(49-33(5)23-30(2)24-34(49)6)27-45(41)51-50(44(40)26-37)53-28-46(54-51)36-12-9-11-35(25-36)39-14-10-15-43-42-13-7-8-16-47(42)55-52(39)43/h1-48H;7-28H,1-6H3. The van der Waals surface area contributed by atoms with Gasteiger partial charge in [0.1, 0.15) is 0 Å². The topological polar surface area (TPSA) is 51.6 Å². The lowest BCUT2D eigenvalue weighted by atomic mass is 9.70. The molecule has 0 saturated carbocycles. The highest BCUT2D eigenvalue weighted by atomic mass is 32.1. The van der Waals surface area contributed by atoms with Gasteiger partial charge in [-0.15, -0.1) is 22.7 Å². The van der Waals surface area contributed by atoms with Crippen molar-refractivity contribution in [2.24, 2.45) is 0 Å². The average molecular weight is 1840 g/mol. The molecule has 2 spiro atoms. The van der Waals surface area contributed by atoms with Crippen LogP contribution >= 0.6 is 22.7 Å². The second-order valence-corrected chi connectivity index (χ2v) is 41.6. The Balaban J connectivity index is 0.000000151. The number of aryl methyl sites for hydroxylation is 6. The molecule has 0 fully saturated rings. The molecule has 22 aromatic carbocycles. The molecule has 4 aromatic heterocycles. The van der Waals surface area contributed by atoms with E-state index in [1.165, 1.54) is 224 Å². The van der Waals surface area contributed by atoms with Crippen LogP contribution in [0.2, 0.25) is 0 Å². The molecular weight excluding hydrogens is 1750 g/mol. The van der Waals surface area contributed by atoms with E-state index in [1.807, 2.05) is 35.1 Å². The van der Waals surface area contributed by atoms with Crippen LogP contribution in [-0.2, 0) is 10.8 Å². The summed E-state index contributed by atoms with van der Waals surface area (Å²) in [5, 5.41) is 14.3. The molecule has 4 aliphatic carbocycles. The Bertz CT molecular complexity index is 9880. The maximum Gasteiger partial charge on any atom is 0.0979 e. The molecule has 0 radical (unpaired) electrons. The minimum atomic E-state index is -0.445. The van der Waals surface area contributed by atoms with Crippen LogP contribution in [0, 0.1) is 41.5 Å². The Labute approximate surface area is 830 Å². The van der Waals surface area contributed by atoms with Crippen LogP contribution in [0.1, 0.15) is 77.9 Å². The van der Waals surface area contributed by atoms with Crippen molar-refractivity contribution in [3.8, 4) is 134 Å². The lowest BCUT2D eigenvalue weighted by Crippen LogP contribution is -2.25. The van der Waals surface area contributed by atoms with Crippen LogP contribution in [0.3, 0.4) is 0 Å². The molecule has 4 aliphatic rings. The van der Waals surface area contributed by atoms with Crippen molar-refractivity contribution in [2.75, 3.05) is 0 Å². The third-order valence-electron chi connectivity index (χ3n) is 31.6. The van der Waals surface area contributed by atoms with Gasteiger partial charge in [-0.1, -0.05) is 363 Å². The van der Waals surface area contributed by atoms with Gasteiger partial charge in [0.15, 0.2) is 0 Å². The number of rotatable bonds is 8. The highest BCUT2D eigenvalue weighted by Crippen LogP contribution is 2.66. The van der Waals surface area contributed by atoms with Crippen molar-refractivity contribution in [3.05, 3.63) is 503 Å². The Morgan fingerprint density at radius 2 is 0.458 bits per heavy atom. The first-order valence-electron chi connectivity index (χ1n) is 49.2. The summed E-state index contributed by atoms with van der Waals surface area (Å²) in [6, 6.07) is 154. The largest absolute Gasteiger partial charge is 0.252 e. The van der Waals surface area contributed by atoms with E-state index in [0.29, 0.717) is 0 Å². The van der Waals surface area contributed by atoms with Crippen molar-refractivity contribution in [1.82, 2.24) is 19.9 Å². The second-order valence-electron chi connectivity index (χ2n) is 39.5. The molecule has 0 aliphatic heterocycles. The molecule has 0 N–H and O–H groups in total. The first-order chi connectivity index (χ1) is 69.8. The van der Waals surface area contributed by atoms with E-state index in [9.17, 15) is 0 Å². The van der Waals surface area contributed by atoms with E-state index in [1.54, 1.807) is 0 Å². The van der Waals surface area contributed by atoms with Crippen LogP contribution in [0.15, 0.2) is 425 Å². The molecule has 0 unspecified atom stereocenters. The summed E-state index contributed by atoms with van der Waals surface area (Å²) in [4.78, 5) is 22.2. The van der Waals surface area contributed by atoms with Crippen LogP contribution in [0.5, 0.6) is 0 Å². The van der Waals surface area contributed by atoms with E-state index in [2.05, 4.69) is 454 Å². The summed E-state index contributed by atoms with van der Waals surface area (Å²) in [6.45, 7) is 13.2. The van der Waals surface area contributed by atoms with Gasteiger partial charge in [-0.3, -0.25) is 9.97 Å². The smallest absolute Gasteiger partial charge is 0.0979 e. The molecule has 664 valence electrons. The number of hydrogen-bond acceptors (Lipinski definition) is 6. The van der Waals surface area contributed by atoms with Gasteiger partial charge in [0.05, 0.1) is 56.7 Å². The summed E-state index contributed by atoms with van der Waals surface area (Å²) in [5.41, 5.74) is 49.8. The van der Waals surface area contributed by atoms with Gasteiger partial charge in [-0.2, -0.15) is 0 Å². The maximum absolute atomic E-state index is 5.79. The highest BCUT2D eigenvalue weighted by Gasteiger charge is 2.53. The summed E-state index contributed by atoms with van der Waals surface area (Å²) >= 11 is 3.73. The molecule has 26 aromatic rings. The van der Waals surface area contributed by atoms with Crippen molar-refractivity contribution >= 4 is 128 Å². The third-order valence-corrected chi connectivity index (χ3v) is 34.0. The Morgan fingerprint density at radius 3 is 0.824 bits per heavy atom. The van der Waals surface area contributed by atoms with Gasteiger partial charge in [-0.25, -0.2) is 9.97 Å². The number of benzene rings is 22. The fraction of sp³-hybridized carbons (Fsp3) is 0.0588. The number of aromatic nitrogens is 4. The van der Waals surface area contributed by atoms with E-state index in [4.69, 9.17) is 19.9 Å². The molecule has 0 atom stereocenters. The zero-order valence-electron chi connectivity index (χ0n) is 79.0. The molecule has 6 heteroatoms. The fourth-order valence-electron chi connectivity index (χ4n) is 25.9. The first kappa shape index (κ1) is 82.1. The van der Waals surface area contributed by atoms with Gasteiger partial charge in [-0.05, 0) is 302 Å². The monoisotopic (exact) mass is 1840 g/mol. The summed E-state index contributed by atoms with van der Waals surface area (Å²) in [6.07, 6.45) is 3.98. The Morgan fingerprint density at radius 1 is 0.183 bits per heavy atom. The fourth-order valence-corrected chi connectivity index (χ4v) is 28.3. The SMILES string of the molecule is Cc1cc(C)c(-c2ccc3c4ccc(-c5c(C)cc(C)cc5C)cc4c4nc(-c5cccc(-c6cccc7c6sc6ccccc67)c5)cnc4c3c2)c(C)c1.c1cc(-c2cnc3c4cc(-c5ccc6c(c5)C5(c7ccccc7-c7ccccc75)c5ccccc5-6)ccc4c4ccc(-c5ccc6c(c5)C5(c7ccccc7-c7ccccc75)c5ccccc5-6)cc4c3n2)cc(-c2cccc3c2sc2ccccc23)c1. The van der Waals surface area contributed by atoms with Gasteiger partial charge in [0.25, 0.3) is 0 Å². The van der Waals surface area contributed by atoms with Crippen molar-refractivity contribution in [2.45, 2.75) is 52.4 Å². The molecule has 142 heavy (non-hydrogen) atoms. The lowest BCUT2D eigenvalue weighted by molar-refractivity contribution is 0.794. The zero-order valence-corrected chi connectivity index (χ0v) is 80.7. The minimum Gasteiger partial charge on any atom is -0.252 e. The number of thiophene rings is 2. The molecule has 30 rings (SSSR count). The van der Waals surface area contributed by atoms with Gasteiger partial charge in [0.2, 0.25) is 0 Å². The van der Waals surface area contributed by atoms with Crippen molar-refractivity contribution in [3.63, 3.8) is 0 Å². The highest BCUT2D eigenvalue weighted by molar-refractivity contribution is 7.26. The van der Waals surface area contributed by atoms with Crippen molar-refractivity contribution in [1.29, 1.82) is 0 Å². The Hall–Kier alpha value is -17.0. The molecule has 0 saturated heterocycles. The predicted molar refractivity (Wildman–Crippen MR) is 599 cm³/mol. The lowest BCUT2D eigenvalue weighted by Gasteiger charge is -2.30. The zero-order chi connectivity index (χ0) is 94.2. The molecule has 4 heterocycles. The van der Waals surface area contributed by atoms with Crippen molar-refractivity contribution < 1.29 is 0 Å². The predicted octanol–water partition coefficient (Wildman–Crippen LogP) is 36.5. The van der Waals surface area contributed by atoms with Crippen LogP contribution in [-0.4, -0.2) is 19.9 Å². The summed E-state index contributed by atoms with van der Waals surface area (Å²) in [5.74, 6) is 0. The van der Waals surface area contributed by atoms with E-state index in [-0.39, 0.29) is 0 Å². The first-order valence-corrected chi connectivity index (χ1v) is 50.9. The minimum absolute atomic E-state index is 0.439. The molecule has 4 nitrogen and oxygen atoms in total. The normalized spacial score (nSPS) is 13.1. The van der Waals surface area contributed by atoms with E-state index < -0.39 is 10.8 Å². The number of hydrogen-bond donors (Lipinski definition) is 0. The maximum atomic E-state index is 5.79. The molecule has 0 bridgehead atoms. The van der Waals surface area contributed by atoms with E-state index >= 15 is 0 Å². The van der Waals surface area contributed by atoms with Crippen LogP contribution in [0.25, 0.3) is 239 Å². The molecular formula is C136H88N4S2. The summed E-state index contributed by atoms with van der Waals surface area (Å²) in [7, 11) is 0.